The van der Waals surface area contributed by atoms with Crippen molar-refractivity contribution in [1.82, 2.24) is 0 Å². The predicted octanol–water partition coefficient (Wildman–Crippen LogP) is 2.95. The molecule has 4 heteroatoms. The number of hydrogen-bond acceptors (Lipinski definition) is 4. The highest BCUT2D eigenvalue weighted by atomic mass is 16.5. The highest BCUT2D eigenvalue weighted by molar-refractivity contribution is 6.00. The second-order valence-corrected chi connectivity index (χ2v) is 5.53. The van der Waals surface area contributed by atoms with Gasteiger partial charge in [0, 0.05) is 6.42 Å². The van der Waals surface area contributed by atoms with E-state index in [0.717, 1.165) is 5.56 Å². The molecule has 0 saturated heterocycles. The van der Waals surface area contributed by atoms with Gasteiger partial charge in [-0.2, -0.15) is 0 Å². The maximum absolute atomic E-state index is 12.2. The van der Waals surface area contributed by atoms with Gasteiger partial charge in [-0.25, -0.2) is 0 Å². The topological polar surface area (TPSA) is 52.6 Å². The molecular weight excluding hydrogens is 256 g/mol. The molecule has 0 aliphatic carbocycles. The summed E-state index contributed by atoms with van der Waals surface area (Å²) in [6.45, 7) is 5.84. The van der Waals surface area contributed by atoms with Gasteiger partial charge in [-0.05, 0) is 30.5 Å². The SMILES string of the molecule is COC(=O)C(C)c1ccc2c(c1)C(=O)CC(C(C)C)O2. The summed E-state index contributed by atoms with van der Waals surface area (Å²) < 4.78 is 10.6. The lowest BCUT2D eigenvalue weighted by molar-refractivity contribution is -0.142. The van der Waals surface area contributed by atoms with Gasteiger partial charge in [0.1, 0.15) is 11.9 Å². The number of carbonyl (C=O) groups is 2. The first-order valence-electron chi connectivity index (χ1n) is 6.85. The second kappa shape index (κ2) is 5.65. The van der Waals surface area contributed by atoms with E-state index in [1.54, 1.807) is 19.1 Å². The van der Waals surface area contributed by atoms with Gasteiger partial charge in [0.05, 0.1) is 18.6 Å². The van der Waals surface area contributed by atoms with Crippen molar-refractivity contribution in [3.05, 3.63) is 29.3 Å². The summed E-state index contributed by atoms with van der Waals surface area (Å²) in [6, 6.07) is 5.34. The van der Waals surface area contributed by atoms with Crippen LogP contribution < -0.4 is 4.74 Å². The first kappa shape index (κ1) is 14.6. The van der Waals surface area contributed by atoms with Gasteiger partial charge >= 0.3 is 5.97 Å². The van der Waals surface area contributed by atoms with E-state index in [1.165, 1.54) is 7.11 Å². The lowest BCUT2D eigenvalue weighted by Gasteiger charge is -2.28. The lowest BCUT2D eigenvalue weighted by Crippen LogP contribution is -2.31. The van der Waals surface area contributed by atoms with Crippen LogP contribution in [0.4, 0.5) is 0 Å². The van der Waals surface area contributed by atoms with E-state index in [0.29, 0.717) is 23.7 Å². The minimum absolute atomic E-state index is 0.0705. The van der Waals surface area contributed by atoms with E-state index in [2.05, 4.69) is 0 Å². The van der Waals surface area contributed by atoms with E-state index in [4.69, 9.17) is 9.47 Å². The van der Waals surface area contributed by atoms with E-state index in [-0.39, 0.29) is 23.8 Å². The molecule has 1 aliphatic rings. The fourth-order valence-electron chi connectivity index (χ4n) is 2.32. The van der Waals surface area contributed by atoms with Gasteiger partial charge in [0.15, 0.2) is 5.78 Å². The standard InChI is InChI=1S/C16H20O4/c1-9(2)15-8-13(17)12-7-11(5-6-14(12)20-15)10(3)16(18)19-4/h5-7,9-10,15H,8H2,1-4H3. The molecule has 0 fully saturated rings. The number of ketones is 1. The van der Waals surface area contributed by atoms with Crippen LogP contribution in [0.3, 0.4) is 0 Å². The van der Waals surface area contributed by atoms with Crippen LogP contribution in [0.25, 0.3) is 0 Å². The lowest BCUT2D eigenvalue weighted by atomic mass is 9.91. The maximum Gasteiger partial charge on any atom is 0.312 e. The van der Waals surface area contributed by atoms with Crippen molar-refractivity contribution in [3.8, 4) is 5.75 Å². The van der Waals surface area contributed by atoms with Gasteiger partial charge in [0.25, 0.3) is 0 Å². The number of rotatable bonds is 3. The number of esters is 1. The molecule has 0 N–H and O–H groups in total. The van der Waals surface area contributed by atoms with Crippen LogP contribution in [-0.2, 0) is 9.53 Å². The molecule has 1 aromatic rings. The van der Waals surface area contributed by atoms with Crippen LogP contribution in [0, 0.1) is 5.92 Å². The van der Waals surface area contributed by atoms with E-state index >= 15 is 0 Å². The zero-order valence-corrected chi connectivity index (χ0v) is 12.3. The molecule has 0 spiro atoms. The summed E-state index contributed by atoms with van der Waals surface area (Å²) >= 11 is 0. The van der Waals surface area contributed by atoms with Crippen LogP contribution in [0.15, 0.2) is 18.2 Å². The third kappa shape index (κ3) is 2.69. The number of methoxy groups -OCH3 is 1. The van der Waals surface area contributed by atoms with E-state index in [9.17, 15) is 9.59 Å². The van der Waals surface area contributed by atoms with Crippen molar-refractivity contribution >= 4 is 11.8 Å². The van der Waals surface area contributed by atoms with Gasteiger partial charge < -0.3 is 9.47 Å². The third-order valence-corrected chi connectivity index (χ3v) is 3.77. The Balaban J connectivity index is 2.31. The molecule has 20 heavy (non-hydrogen) atoms. The molecule has 0 aromatic heterocycles. The second-order valence-electron chi connectivity index (χ2n) is 5.53. The number of carbonyl (C=O) groups excluding carboxylic acids is 2. The molecule has 4 nitrogen and oxygen atoms in total. The molecule has 1 aromatic carbocycles. The Hall–Kier alpha value is -1.84. The molecule has 2 atom stereocenters. The zero-order valence-electron chi connectivity index (χ0n) is 12.3. The molecule has 2 unspecified atom stereocenters. The van der Waals surface area contributed by atoms with Crippen LogP contribution >= 0.6 is 0 Å². The summed E-state index contributed by atoms with van der Waals surface area (Å²) in [5.74, 6) is 0.278. The molecule has 0 bridgehead atoms. The van der Waals surface area contributed by atoms with Gasteiger partial charge in [-0.3, -0.25) is 9.59 Å². The van der Waals surface area contributed by atoms with Crippen molar-refractivity contribution in [3.63, 3.8) is 0 Å². The smallest absolute Gasteiger partial charge is 0.312 e. The van der Waals surface area contributed by atoms with Crippen molar-refractivity contribution in [2.75, 3.05) is 7.11 Å². The average Bonchev–Trinajstić information content (AvgIpc) is 2.45. The minimum atomic E-state index is -0.388. The summed E-state index contributed by atoms with van der Waals surface area (Å²) in [4.78, 5) is 23.8. The monoisotopic (exact) mass is 276 g/mol. The molecule has 2 rings (SSSR count). The molecular formula is C16H20O4. The Morgan fingerprint density at radius 2 is 2.05 bits per heavy atom. The molecule has 1 heterocycles. The quantitative estimate of drug-likeness (QED) is 0.796. The van der Waals surface area contributed by atoms with Gasteiger partial charge in [-0.15, -0.1) is 0 Å². The fraction of sp³-hybridized carbons (Fsp3) is 0.500. The van der Waals surface area contributed by atoms with E-state index < -0.39 is 0 Å². The number of benzene rings is 1. The normalized spacial score (nSPS) is 19.2. The third-order valence-electron chi connectivity index (χ3n) is 3.77. The Morgan fingerprint density at radius 1 is 1.35 bits per heavy atom. The summed E-state index contributed by atoms with van der Waals surface area (Å²) in [6.07, 6.45) is 0.319. The zero-order chi connectivity index (χ0) is 14.9. The fourth-order valence-corrected chi connectivity index (χ4v) is 2.32. The highest BCUT2D eigenvalue weighted by Crippen LogP contribution is 2.32. The Bertz CT molecular complexity index is 533. The number of fused-ring (bicyclic) bond motifs is 1. The molecule has 0 radical (unpaired) electrons. The van der Waals surface area contributed by atoms with Gasteiger partial charge in [-0.1, -0.05) is 19.9 Å². The maximum atomic E-state index is 12.2. The minimum Gasteiger partial charge on any atom is -0.489 e. The molecule has 0 amide bonds. The summed E-state index contributed by atoms with van der Waals surface area (Å²) in [5, 5.41) is 0. The van der Waals surface area contributed by atoms with Crippen molar-refractivity contribution < 1.29 is 19.1 Å². The Morgan fingerprint density at radius 3 is 2.65 bits per heavy atom. The van der Waals surface area contributed by atoms with Crippen LogP contribution in [-0.4, -0.2) is 25.0 Å². The molecule has 1 aliphatic heterocycles. The van der Waals surface area contributed by atoms with Gasteiger partial charge in [0.2, 0.25) is 0 Å². The predicted molar refractivity (Wildman–Crippen MR) is 75.1 cm³/mol. The average molecular weight is 276 g/mol. The summed E-state index contributed by atoms with van der Waals surface area (Å²) in [7, 11) is 1.36. The number of ether oxygens (including phenoxy) is 2. The Kier molecular flexibility index (Phi) is 4.12. The summed E-state index contributed by atoms with van der Waals surface area (Å²) in [5.41, 5.74) is 1.34. The number of hydrogen-bond donors (Lipinski definition) is 0. The molecule has 108 valence electrons. The Labute approximate surface area is 119 Å². The first-order chi connectivity index (χ1) is 9.43. The van der Waals surface area contributed by atoms with Crippen molar-refractivity contribution in [1.29, 1.82) is 0 Å². The van der Waals surface area contributed by atoms with E-state index in [1.807, 2.05) is 19.9 Å². The van der Waals surface area contributed by atoms with Crippen LogP contribution in [0.2, 0.25) is 0 Å². The number of Topliss-reactive ketones (excluding diaryl/α,β-unsaturated/α-hetero) is 1. The van der Waals surface area contributed by atoms with Crippen molar-refractivity contribution in [2.45, 2.75) is 39.2 Å². The van der Waals surface area contributed by atoms with Crippen molar-refractivity contribution in [2.24, 2.45) is 5.92 Å². The largest absolute Gasteiger partial charge is 0.489 e. The first-order valence-corrected chi connectivity index (χ1v) is 6.85. The molecule has 0 saturated carbocycles. The van der Waals surface area contributed by atoms with Crippen LogP contribution in [0.5, 0.6) is 5.75 Å². The highest BCUT2D eigenvalue weighted by Gasteiger charge is 2.29. The van der Waals surface area contributed by atoms with Crippen LogP contribution in [0.1, 0.15) is 49.0 Å².